The summed E-state index contributed by atoms with van der Waals surface area (Å²) >= 11 is 0. The molecule has 1 unspecified atom stereocenters. The van der Waals surface area contributed by atoms with Crippen LogP contribution in [0.3, 0.4) is 0 Å². The third-order valence-corrected chi connectivity index (χ3v) is 2.86. The fraction of sp³-hybridized carbons (Fsp3) is 0.188. The van der Waals surface area contributed by atoms with Crippen LogP contribution >= 0.6 is 0 Å². The minimum absolute atomic E-state index is 0.0218. The van der Waals surface area contributed by atoms with E-state index in [1.165, 1.54) is 24.3 Å². The van der Waals surface area contributed by atoms with Gasteiger partial charge in [-0.15, -0.1) is 0 Å². The number of ether oxygens (including phenoxy) is 2. The van der Waals surface area contributed by atoms with E-state index >= 15 is 0 Å². The monoisotopic (exact) mass is 305 g/mol. The molecule has 22 heavy (non-hydrogen) atoms. The average molecular weight is 305 g/mol. The average Bonchev–Trinajstić information content (AvgIpc) is 2.53. The first-order valence-electron chi connectivity index (χ1n) is 6.44. The van der Waals surface area contributed by atoms with Crippen molar-refractivity contribution < 1.29 is 23.4 Å². The van der Waals surface area contributed by atoms with E-state index in [9.17, 15) is 13.9 Å². The molecular weight excluding hydrogens is 292 g/mol. The Balaban J connectivity index is 1.94. The quantitative estimate of drug-likeness (QED) is 0.889. The molecule has 0 heterocycles. The second kappa shape index (κ2) is 7.38. The first-order valence-corrected chi connectivity index (χ1v) is 6.44. The minimum atomic E-state index is -2.88. The Kier molecular flexibility index (Phi) is 5.28. The zero-order chi connectivity index (χ0) is 15.9. The first-order chi connectivity index (χ1) is 10.6. The van der Waals surface area contributed by atoms with Crippen LogP contribution in [0.4, 0.5) is 8.78 Å². The molecule has 0 aliphatic heterocycles. The molecule has 2 rings (SSSR count). The third kappa shape index (κ3) is 4.43. The number of halogens is 2. The van der Waals surface area contributed by atoms with Gasteiger partial charge in [-0.05, 0) is 35.9 Å². The van der Waals surface area contributed by atoms with Crippen LogP contribution < -0.4 is 9.47 Å². The fourth-order valence-corrected chi connectivity index (χ4v) is 1.80. The van der Waals surface area contributed by atoms with Crippen LogP contribution in [0, 0.1) is 11.3 Å². The molecule has 2 aromatic carbocycles. The van der Waals surface area contributed by atoms with Gasteiger partial charge in [-0.2, -0.15) is 14.0 Å². The summed E-state index contributed by atoms with van der Waals surface area (Å²) in [6.45, 7) is -2.91. The summed E-state index contributed by atoms with van der Waals surface area (Å²) in [5.74, 6) is 0.490. The van der Waals surface area contributed by atoms with E-state index in [4.69, 9.17) is 10.00 Å². The highest BCUT2D eigenvalue weighted by Crippen LogP contribution is 2.21. The summed E-state index contributed by atoms with van der Waals surface area (Å²) in [7, 11) is 0. The molecule has 0 saturated carbocycles. The van der Waals surface area contributed by atoms with Crippen molar-refractivity contribution in [3.05, 3.63) is 59.7 Å². The Bertz CT molecular complexity index is 653. The molecule has 1 N–H and O–H groups in total. The van der Waals surface area contributed by atoms with Gasteiger partial charge in [0, 0.05) is 0 Å². The van der Waals surface area contributed by atoms with Gasteiger partial charge in [0.05, 0.1) is 11.6 Å². The Hall–Kier alpha value is -2.65. The van der Waals surface area contributed by atoms with Gasteiger partial charge >= 0.3 is 6.61 Å². The van der Waals surface area contributed by atoms with Crippen LogP contribution in [0.15, 0.2) is 48.5 Å². The Labute approximate surface area is 126 Å². The number of alkyl halides is 2. The smallest absolute Gasteiger partial charge is 0.387 e. The highest BCUT2D eigenvalue weighted by Gasteiger charge is 2.10. The lowest BCUT2D eigenvalue weighted by atomic mass is 10.1. The van der Waals surface area contributed by atoms with E-state index < -0.39 is 12.7 Å². The van der Waals surface area contributed by atoms with Crippen molar-refractivity contribution in [2.24, 2.45) is 0 Å². The molecule has 114 valence electrons. The van der Waals surface area contributed by atoms with Crippen molar-refractivity contribution in [3.8, 4) is 17.6 Å². The van der Waals surface area contributed by atoms with Gasteiger partial charge in [-0.3, -0.25) is 0 Å². The zero-order valence-electron chi connectivity index (χ0n) is 11.4. The van der Waals surface area contributed by atoms with Gasteiger partial charge in [-0.1, -0.05) is 18.2 Å². The van der Waals surface area contributed by atoms with Gasteiger partial charge in [0.1, 0.15) is 24.2 Å². The molecule has 0 amide bonds. The third-order valence-electron chi connectivity index (χ3n) is 2.86. The largest absolute Gasteiger partial charge is 0.490 e. The van der Waals surface area contributed by atoms with Crippen LogP contribution in [0.1, 0.15) is 17.2 Å². The topological polar surface area (TPSA) is 62.5 Å². The standard InChI is InChI=1S/C16H13F2NO3/c17-16(18)22-13-6-4-12(5-7-13)15(20)10-21-14-3-1-2-11(8-14)9-19/h1-8,15-16,20H,10H2. The summed E-state index contributed by atoms with van der Waals surface area (Å²) in [6, 6.07) is 14.2. The van der Waals surface area contributed by atoms with Gasteiger partial charge in [0.15, 0.2) is 0 Å². The second-order valence-corrected chi connectivity index (χ2v) is 4.41. The highest BCUT2D eigenvalue weighted by atomic mass is 19.3. The Morgan fingerprint density at radius 2 is 1.82 bits per heavy atom. The SMILES string of the molecule is N#Cc1cccc(OCC(O)c2ccc(OC(F)F)cc2)c1. The number of aliphatic hydroxyl groups excluding tert-OH is 1. The molecule has 2 aromatic rings. The summed E-state index contributed by atoms with van der Waals surface area (Å²) in [5.41, 5.74) is 0.971. The maximum Gasteiger partial charge on any atom is 0.387 e. The van der Waals surface area contributed by atoms with Gasteiger partial charge in [0.2, 0.25) is 0 Å². The number of hydrogen-bond acceptors (Lipinski definition) is 4. The molecule has 0 spiro atoms. The van der Waals surface area contributed by atoms with Gasteiger partial charge < -0.3 is 14.6 Å². The Morgan fingerprint density at radius 1 is 1.09 bits per heavy atom. The first kappa shape index (κ1) is 15.7. The summed E-state index contributed by atoms with van der Waals surface area (Å²) in [6.07, 6.45) is -0.925. The van der Waals surface area contributed by atoms with Crippen LogP contribution in [-0.4, -0.2) is 18.3 Å². The van der Waals surface area contributed by atoms with Crippen LogP contribution in [-0.2, 0) is 0 Å². The molecule has 0 aliphatic rings. The van der Waals surface area contributed by atoms with Crippen molar-refractivity contribution in [1.82, 2.24) is 0 Å². The predicted molar refractivity (Wildman–Crippen MR) is 74.7 cm³/mol. The predicted octanol–water partition coefficient (Wildman–Crippen LogP) is 3.27. The van der Waals surface area contributed by atoms with Gasteiger partial charge in [0.25, 0.3) is 0 Å². The molecule has 0 aliphatic carbocycles. The number of rotatable bonds is 6. The van der Waals surface area contributed by atoms with E-state index in [1.807, 2.05) is 6.07 Å². The molecule has 0 aromatic heterocycles. The zero-order valence-corrected chi connectivity index (χ0v) is 11.4. The van der Waals surface area contributed by atoms with Gasteiger partial charge in [-0.25, -0.2) is 0 Å². The van der Waals surface area contributed by atoms with Crippen molar-refractivity contribution >= 4 is 0 Å². The van der Waals surface area contributed by atoms with E-state index in [2.05, 4.69) is 4.74 Å². The lowest BCUT2D eigenvalue weighted by Gasteiger charge is -2.13. The lowest BCUT2D eigenvalue weighted by molar-refractivity contribution is -0.0498. The molecular formula is C16H13F2NO3. The number of nitrogens with zero attached hydrogens (tertiary/aromatic N) is 1. The van der Waals surface area contributed by atoms with Crippen LogP contribution in [0.25, 0.3) is 0 Å². The number of hydrogen-bond donors (Lipinski definition) is 1. The number of aliphatic hydroxyl groups is 1. The molecule has 0 radical (unpaired) electrons. The Morgan fingerprint density at radius 3 is 2.45 bits per heavy atom. The number of benzene rings is 2. The van der Waals surface area contributed by atoms with Crippen molar-refractivity contribution in [3.63, 3.8) is 0 Å². The lowest BCUT2D eigenvalue weighted by Crippen LogP contribution is -2.10. The van der Waals surface area contributed by atoms with Crippen molar-refractivity contribution in [2.45, 2.75) is 12.7 Å². The molecule has 6 heteroatoms. The summed E-state index contributed by atoms with van der Waals surface area (Å²) in [5, 5.41) is 18.8. The number of nitriles is 1. The maximum absolute atomic E-state index is 12.0. The second-order valence-electron chi connectivity index (χ2n) is 4.41. The van der Waals surface area contributed by atoms with E-state index in [1.54, 1.807) is 24.3 Å². The van der Waals surface area contributed by atoms with Crippen LogP contribution in [0.5, 0.6) is 11.5 Å². The highest BCUT2D eigenvalue weighted by molar-refractivity contribution is 5.36. The minimum Gasteiger partial charge on any atom is -0.490 e. The summed E-state index contributed by atoms with van der Waals surface area (Å²) in [4.78, 5) is 0. The normalized spacial score (nSPS) is 11.8. The maximum atomic E-state index is 12.0. The molecule has 1 atom stereocenters. The molecule has 0 fully saturated rings. The fourth-order valence-electron chi connectivity index (χ4n) is 1.80. The molecule has 0 saturated heterocycles. The van der Waals surface area contributed by atoms with Crippen LogP contribution in [0.2, 0.25) is 0 Å². The molecule has 4 nitrogen and oxygen atoms in total. The van der Waals surface area contributed by atoms with Crippen molar-refractivity contribution in [2.75, 3.05) is 6.61 Å². The summed E-state index contributed by atoms with van der Waals surface area (Å²) < 4.78 is 33.7. The molecule has 0 bridgehead atoms. The van der Waals surface area contributed by atoms with Crippen molar-refractivity contribution in [1.29, 1.82) is 5.26 Å². The van der Waals surface area contributed by atoms with E-state index in [0.717, 1.165) is 0 Å². The van der Waals surface area contributed by atoms with E-state index in [0.29, 0.717) is 16.9 Å². The van der Waals surface area contributed by atoms with E-state index in [-0.39, 0.29) is 12.4 Å².